The maximum absolute atomic E-state index is 12.0. The van der Waals surface area contributed by atoms with Crippen LogP contribution in [-0.4, -0.2) is 46.2 Å². The molecule has 8 nitrogen and oxygen atoms in total. The Labute approximate surface area is 143 Å². The van der Waals surface area contributed by atoms with Crippen LogP contribution in [-0.2, 0) is 23.9 Å². The smallest absolute Gasteiger partial charge is 0.308 e. The van der Waals surface area contributed by atoms with Crippen LogP contribution in [0.15, 0.2) is 18.3 Å². The summed E-state index contributed by atoms with van der Waals surface area (Å²) in [5.41, 5.74) is 0.306. The predicted octanol–water partition coefficient (Wildman–Crippen LogP) is 1.14. The Bertz CT molecular complexity index is 663. The minimum atomic E-state index is -1.06. The van der Waals surface area contributed by atoms with Crippen molar-refractivity contribution >= 4 is 41.0 Å². The maximum Gasteiger partial charge on any atom is 0.308 e. The van der Waals surface area contributed by atoms with Gasteiger partial charge in [0.1, 0.15) is 0 Å². The Balaban J connectivity index is 1.80. The highest BCUT2D eigenvalue weighted by Crippen LogP contribution is 2.18. The molecule has 1 aliphatic heterocycles. The van der Waals surface area contributed by atoms with Gasteiger partial charge >= 0.3 is 5.97 Å². The number of carbonyl (C=O) groups excluding carboxylic acids is 4. The highest BCUT2D eigenvalue weighted by Gasteiger charge is 2.29. The van der Waals surface area contributed by atoms with Gasteiger partial charge in [0.2, 0.25) is 11.8 Å². The lowest BCUT2D eigenvalue weighted by molar-refractivity contribution is -0.154. The summed E-state index contributed by atoms with van der Waals surface area (Å²) in [5, 5.41) is 2.62. The number of amides is 3. The Hall–Kier alpha value is -2.48. The largest absolute Gasteiger partial charge is 0.452 e. The zero-order valence-corrected chi connectivity index (χ0v) is 13.7. The molecule has 1 fully saturated rings. The van der Waals surface area contributed by atoms with Gasteiger partial charge in [-0.05, 0) is 19.1 Å². The number of rotatable bonds is 6. The average molecular weight is 354 g/mol. The van der Waals surface area contributed by atoms with E-state index in [0.717, 1.165) is 4.90 Å². The summed E-state index contributed by atoms with van der Waals surface area (Å²) in [6.07, 6.45) is 0.584. The third-order valence-electron chi connectivity index (χ3n) is 3.39. The van der Waals surface area contributed by atoms with E-state index in [-0.39, 0.29) is 42.8 Å². The monoisotopic (exact) mass is 353 g/mol. The van der Waals surface area contributed by atoms with Crippen LogP contribution in [0.2, 0.25) is 5.15 Å². The van der Waals surface area contributed by atoms with Crippen molar-refractivity contribution in [3.8, 4) is 0 Å². The molecular weight excluding hydrogens is 338 g/mol. The summed E-state index contributed by atoms with van der Waals surface area (Å²) in [4.78, 5) is 51.4. The van der Waals surface area contributed by atoms with Crippen molar-refractivity contribution in [3.63, 3.8) is 0 Å². The van der Waals surface area contributed by atoms with Crippen molar-refractivity contribution in [1.29, 1.82) is 0 Å². The molecule has 0 radical (unpaired) electrons. The molecule has 0 bridgehead atoms. The van der Waals surface area contributed by atoms with E-state index in [1.807, 2.05) is 0 Å². The van der Waals surface area contributed by atoms with Gasteiger partial charge in [-0.1, -0.05) is 11.6 Å². The molecule has 1 aromatic heterocycles. The Morgan fingerprint density at radius 3 is 2.67 bits per heavy atom. The van der Waals surface area contributed by atoms with Crippen molar-refractivity contribution in [2.45, 2.75) is 32.3 Å². The summed E-state index contributed by atoms with van der Waals surface area (Å²) in [5.74, 6) is -1.84. The van der Waals surface area contributed by atoms with Crippen molar-refractivity contribution in [1.82, 2.24) is 9.88 Å². The number of nitrogens with one attached hydrogen (secondary N) is 1. The number of anilines is 1. The molecule has 0 spiro atoms. The molecule has 24 heavy (non-hydrogen) atoms. The number of hydrogen-bond acceptors (Lipinski definition) is 6. The first-order valence-electron chi connectivity index (χ1n) is 7.32. The van der Waals surface area contributed by atoms with Gasteiger partial charge in [0.25, 0.3) is 5.91 Å². The number of imide groups is 1. The fourth-order valence-electron chi connectivity index (χ4n) is 2.10. The van der Waals surface area contributed by atoms with E-state index in [1.165, 1.54) is 13.1 Å². The molecule has 1 aliphatic rings. The fraction of sp³-hybridized carbons (Fsp3) is 0.400. The van der Waals surface area contributed by atoms with Gasteiger partial charge in [0.05, 0.1) is 12.1 Å². The van der Waals surface area contributed by atoms with Crippen LogP contribution in [0.4, 0.5) is 5.69 Å². The molecule has 1 N–H and O–H groups in total. The van der Waals surface area contributed by atoms with E-state index in [1.54, 1.807) is 12.1 Å². The lowest BCUT2D eigenvalue weighted by atomic mass is 10.3. The molecular formula is C15H16ClN3O5. The second kappa shape index (κ2) is 7.87. The molecule has 1 saturated heterocycles. The average Bonchev–Trinajstić information content (AvgIpc) is 2.86. The molecule has 0 aliphatic carbocycles. The standard InChI is InChI=1S/C15H16ClN3O5/c1-9(15(23)18-10-3-2-7-17-14(10)16)24-13(22)6-8-19-11(20)4-5-12(19)21/h2-3,7,9H,4-6,8H2,1H3,(H,18,23). The van der Waals surface area contributed by atoms with E-state index in [9.17, 15) is 19.2 Å². The topological polar surface area (TPSA) is 106 Å². The minimum absolute atomic E-state index is 0.0424. The number of aromatic nitrogens is 1. The van der Waals surface area contributed by atoms with Crippen molar-refractivity contribution in [3.05, 3.63) is 23.5 Å². The predicted molar refractivity (Wildman–Crippen MR) is 84.0 cm³/mol. The third kappa shape index (κ3) is 4.51. The Morgan fingerprint density at radius 2 is 2.04 bits per heavy atom. The van der Waals surface area contributed by atoms with Gasteiger partial charge in [-0.2, -0.15) is 0 Å². The second-order valence-electron chi connectivity index (χ2n) is 5.15. The lowest BCUT2D eigenvalue weighted by Gasteiger charge is -2.16. The van der Waals surface area contributed by atoms with Gasteiger partial charge in [0, 0.05) is 25.6 Å². The molecule has 0 aromatic carbocycles. The number of ether oxygens (including phenoxy) is 1. The molecule has 128 valence electrons. The zero-order chi connectivity index (χ0) is 17.7. The van der Waals surface area contributed by atoms with Gasteiger partial charge < -0.3 is 10.1 Å². The molecule has 9 heteroatoms. The minimum Gasteiger partial charge on any atom is -0.452 e. The highest BCUT2D eigenvalue weighted by atomic mass is 35.5. The van der Waals surface area contributed by atoms with E-state index in [4.69, 9.17) is 16.3 Å². The van der Waals surface area contributed by atoms with Crippen LogP contribution >= 0.6 is 11.6 Å². The van der Waals surface area contributed by atoms with Crippen LogP contribution in [0.5, 0.6) is 0 Å². The molecule has 1 atom stereocenters. The molecule has 1 aromatic rings. The quantitative estimate of drug-likeness (QED) is 0.467. The molecule has 0 saturated carbocycles. The zero-order valence-electron chi connectivity index (χ0n) is 13.0. The van der Waals surface area contributed by atoms with Gasteiger partial charge in [-0.25, -0.2) is 4.98 Å². The van der Waals surface area contributed by atoms with Gasteiger partial charge in [-0.3, -0.25) is 24.1 Å². The first-order chi connectivity index (χ1) is 11.4. The SMILES string of the molecule is CC(OC(=O)CCN1C(=O)CCC1=O)C(=O)Nc1cccnc1Cl. The number of esters is 1. The van der Waals surface area contributed by atoms with Crippen molar-refractivity contribution in [2.75, 3.05) is 11.9 Å². The summed E-state index contributed by atoms with van der Waals surface area (Å²) >= 11 is 5.83. The Morgan fingerprint density at radius 1 is 1.38 bits per heavy atom. The van der Waals surface area contributed by atoms with Crippen molar-refractivity contribution in [2.24, 2.45) is 0 Å². The molecule has 1 unspecified atom stereocenters. The summed E-state index contributed by atoms with van der Waals surface area (Å²) in [6, 6.07) is 3.16. The van der Waals surface area contributed by atoms with Gasteiger partial charge in [-0.15, -0.1) is 0 Å². The summed E-state index contributed by atoms with van der Waals surface area (Å²) in [7, 11) is 0. The fourth-order valence-corrected chi connectivity index (χ4v) is 2.27. The van der Waals surface area contributed by atoms with Crippen LogP contribution in [0, 0.1) is 0 Å². The highest BCUT2D eigenvalue weighted by molar-refractivity contribution is 6.32. The van der Waals surface area contributed by atoms with E-state index >= 15 is 0 Å². The first-order valence-corrected chi connectivity index (χ1v) is 7.70. The van der Waals surface area contributed by atoms with Crippen LogP contribution in [0.25, 0.3) is 0 Å². The number of pyridine rings is 1. The number of likely N-dealkylation sites (tertiary alicyclic amines) is 1. The van der Waals surface area contributed by atoms with E-state index in [0.29, 0.717) is 5.69 Å². The Kier molecular flexibility index (Phi) is 5.86. The number of carbonyl (C=O) groups is 4. The normalized spacial score (nSPS) is 15.3. The molecule has 2 heterocycles. The van der Waals surface area contributed by atoms with Crippen LogP contribution in [0.1, 0.15) is 26.2 Å². The summed E-state index contributed by atoms with van der Waals surface area (Å²) in [6.45, 7) is 1.36. The first kappa shape index (κ1) is 17.9. The van der Waals surface area contributed by atoms with E-state index < -0.39 is 18.0 Å². The second-order valence-corrected chi connectivity index (χ2v) is 5.51. The van der Waals surface area contributed by atoms with Crippen LogP contribution < -0.4 is 5.32 Å². The van der Waals surface area contributed by atoms with Gasteiger partial charge in [0.15, 0.2) is 11.3 Å². The van der Waals surface area contributed by atoms with Crippen molar-refractivity contribution < 1.29 is 23.9 Å². The number of hydrogen-bond donors (Lipinski definition) is 1. The van der Waals surface area contributed by atoms with E-state index in [2.05, 4.69) is 10.3 Å². The van der Waals surface area contributed by atoms with Crippen LogP contribution in [0.3, 0.4) is 0 Å². The third-order valence-corrected chi connectivity index (χ3v) is 3.69. The maximum atomic E-state index is 12.0. The number of nitrogens with zero attached hydrogens (tertiary/aromatic N) is 2. The number of halogens is 1. The molecule has 3 amide bonds. The molecule has 2 rings (SSSR count). The lowest BCUT2D eigenvalue weighted by Crippen LogP contribution is -2.34. The summed E-state index contributed by atoms with van der Waals surface area (Å²) < 4.78 is 4.99.